The predicted octanol–water partition coefficient (Wildman–Crippen LogP) is 1.42. The summed E-state index contributed by atoms with van der Waals surface area (Å²) in [6.45, 7) is 0. The van der Waals surface area contributed by atoms with Crippen LogP contribution in [0.5, 0.6) is 0 Å². The van der Waals surface area contributed by atoms with Crippen molar-refractivity contribution in [1.82, 2.24) is 9.97 Å². The molecule has 0 aromatic carbocycles. The van der Waals surface area contributed by atoms with Gasteiger partial charge in [0.25, 0.3) is 10.0 Å². The fourth-order valence-corrected chi connectivity index (χ4v) is 2.14. The summed E-state index contributed by atoms with van der Waals surface area (Å²) >= 11 is 0. The van der Waals surface area contributed by atoms with Gasteiger partial charge in [0.15, 0.2) is 0 Å². The number of nitrogens with zero attached hydrogens (tertiary/aromatic N) is 2. The van der Waals surface area contributed by atoms with E-state index in [4.69, 9.17) is 0 Å². The number of hydrogen-bond acceptors (Lipinski definition) is 4. The highest BCUT2D eigenvalue weighted by Gasteiger charge is 2.15. The van der Waals surface area contributed by atoms with Gasteiger partial charge >= 0.3 is 0 Å². The normalized spacial score (nSPS) is 11.1. The first kappa shape index (κ1) is 11.5. The van der Waals surface area contributed by atoms with Gasteiger partial charge in [0.1, 0.15) is 16.5 Å². The third-order valence-corrected chi connectivity index (χ3v) is 3.22. The Hall–Kier alpha value is -2.02. The van der Waals surface area contributed by atoms with Crippen molar-refractivity contribution in [3.63, 3.8) is 0 Å². The van der Waals surface area contributed by atoms with Crippen molar-refractivity contribution in [2.75, 3.05) is 4.72 Å². The summed E-state index contributed by atoms with van der Waals surface area (Å²) in [7, 11) is -3.85. The molecule has 0 saturated carbocycles. The zero-order valence-corrected chi connectivity index (χ0v) is 9.36. The fourth-order valence-electron chi connectivity index (χ4n) is 1.16. The average Bonchev–Trinajstić information content (AvgIpc) is 2.30. The molecule has 0 unspecified atom stereocenters. The molecule has 7 heteroatoms. The molecule has 2 aromatic rings. The maximum atomic E-state index is 12.9. The zero-order valence-electron chi connectivity index (χ0n) is 8.54. The molecule has 0 amide bonds. The number of sulfonamides is 1. The molecule has 0 aliphatic carbocycles. The highest BCUT2D eigenvalue weighted by molar-refractivity contribution is 7.92. The quantitative estimate of drug-likeness (QED) is 0.897. The highest BCUT2D eigenvalue weighted by atomic mass is 32.2. The van der Waals surface area contributed by atoms with Crippen LogP contribution in [0.2, 0.25) is 0 Å². The molecule has 0 spiro atoms. The van der Waals surface area contributed by atoms with Crippen molar-refractivity contribution in [3.8, 4) is 0 Å². The van der Waals surface area contributed by atoms with E-state index in [1.54, 1.807) is 12.1 Å². The molecule has 1 N–H and O–H groups in total. The molecule has 2 aromatic heterocycles. The van der Waals surface area contributed by atoms with Crippen molar-refractivity contribution in [2.45, 2.75) is 4.90 Å². The Morgan fingerprint density at radius 1 is 1.24 bits per heavy atom. The van der Waals surface area contributed by atoms with Crippen LogP contribution >= 0.6 is 0 Å². The molecule has 0 fully saturated rings. The third-order valence-electron chi connectivity index (χ3n) is 1.89. The summed E-state index contributed by atoms with van der Waals surface area (Å²) in [5.74, 6) is -0.550. The Kier molecular flexibility index (Phi) is 3.01. The summed E-state index contributed by atoms with van der Waals surface area (Å²) in [4.78, 5) is 7.04. The van der Waals surface area contributed by atoms with E-state index in [0.717, 1.165) is 18.5 Å². The van der Waals surface area contributed by atoms with Crippen LogP contribution in [0, 0.1) is 5.82 Å². The van der Waals surface area contributed by atoms with Crippen LogP contribution in [0.3, 0.4) is 0 Å². The fraction of sp³-hybridized carbons (Fsp3) is 0. The summed E-state index contributed by atoms with van der Waals surface area (Å²) < 4.78 is 38.7. The monoisotopic (exact) mass is 253 g/mol. The van der Waals surface area contributed by atoms with Gasteiger partial charge in [0, 0.05) is 12.4 Å². The van der Waals surface area contributed by atoms with Crippen LogP contribution in [-0.2, 0) is 10.0 Å². The number of hydrogen-bond donors (Lipinski definition) is 1. The topological polar surface area (TPSA) is 72.0 Å². The Balaban J connectivity index is 2.32. The molecule has 0 aliphatic rings. The molecule has 0 radical (unpaired) electrons. The molecule has 88 valence electrons. The van der Waals surface area contributed by atoms with E-state index in [1.807, 2.05) is 0 Å². The Labute approximate surface area is 97.4 Å². The molecule has 2 heterocycles. The first-order valence-corrected chi connectivity index (χ1v) is 6.11. The summed E-state index contributed by atoms with van der Waals surface area (Å²) in [5.41, 5.74) is 0. The van der Waals surface area contributed by atoms with E-state index < -0.39 is 15.8 Å². The lowest BCUT2D eigenvalue weighted by Gasteiger charge is -2.06. The average molecular weight is 253 g/mol. The number of anilines is 1. The van der Waals surface area contributed by atoms with Gasteiger partial charge in [-0.25, -0.2) is 17.8 Å². The van der Waals surface area contributed by atoms with Gasteiger partial charge in [0.2, 0.25) is 0 Å². The predicted molar refractivity (Wildman–Crippen MR) is 59.2 cm³/mol. The van der Waals surface area contributed by atoms with Gasteiger partial charge in [-0.15, -0.1) is 0 Å². The minimum Gasteiger partial charge on any atom is -0.263 e. The second-order valence-electron chi connectivity index (χ2n) is 3.16. The molecule has 5 nitrogen and oxygen atoms in total. The van der Waals surface area contributed by atoms with Gasteiger partial charge in [-0.3, -0.25) is 9.71 Å². The minimum absolute atomic E-state index is 0.164. The lowest BCUT2D eigenvalue weighted by molar-refractivity contribution is 0.592. The van der Waals surface area contributed by atoms with Crippen LogP contribution in [0.1, 0.15) is 0 Å². The molecular weight excluding hydrogens is 245 g/mol. The Bertz CT molecular complexity index is 616. The zero-order chi connectivity index (χ0) is 12.3. The molecule has 0 aliphatic heterocycles. The van der Waals surface area contributed by atoms with E-state index >= 15 is 0 Å². The first-order chi connectivity index (χ1) is 8.08. The SMILES string of the molecule is O=S(=O)(Nc1ccccn1)c1cncc(F)c1. The van der Waals surface area contributed by atoms with Crippen molar-refractivity contribution in [3.05, 3.63) is 48.7 Å². The smallest absolute Gasteiger partial charge is 0.263 e. The second-order valence-corrected chi connectivity index (χ2v) is 4.84. The lowest BCUT2D eigenvalue weighted by Crippen LogP contribution is -2.14. The van der Waals surface area contributed by atoms with Crippen molar-refractivity contribution < 1.29 is 12.8 Å². The van der Waals surface area contributed by atoms with Crippen LogP contribution in [-0.4, -0.2) is 18.4 Å². The van der Waals surface area contributed by atoms with Crippen LogP contribution in [0.15, 0.2) is 47.8 Å². The van der Waals surface area contributed by atoms with Crippen LogP contribution in [0.25, 0.3) is 0 Å². The Morgan fingerprint density at radius 2 is 2.06 bits per heavy atom. The molecule has 0 bridgehead atoms. The maximum Gasteiger partial charge on any atom is 0.264 e. The first-order valence-electron chi connectivity index (χ1n) is 4.62. The highest BCUT2D eigenvalue weighted by Crippen LogP contribution is 2.13. The lowest BCUT2D eigenvalue weighted by atomic mass is 10.5. The van der Waals surface area contributed by atoms with Crippen LogP contribution in [0.4, 0.5) is 10.2 Å². The van der Waals surface area contributed by atoms with Gasteiger partial charge < -0.3 is 0 Å². The van der Waals surface area contributed by atoms with E-state index in [2.05, 4.69) is 14.7 Å². The van der Waals surface area contributed by atoms with E-state index in [1.165, 1.54) is 12.3 Å². The number of halogens is 1. The van der Waals surface area contributed by atoms with Crippen molar-refractivity contribution in [2.24, 2.45) is 0 Å². The molecular formula is C10H8FN3O2S. The largest absolute Gasteiger partial charge is 0.264 e. The van der Waals surface area contributed by atoms with Crippen molar-refractivity contribution >= 4 is 15.8 Å². The van der Waals surface area contributed by atoms with Gasteiger partial charge in [0.05, 0.1) is 6.20 Å². The van der Waals surface area contributed by atoms with E-state index in [9.17, 15) is 12.8 Å². The van der Waals surface area contributed by atoms with Gasteiger partial charge in [-0.2, -0.15) is 0 Å². The van der Waals surface area contributed by atoms with Crippen LogP contribution < -0.4 is 4.72 Å². The molecule has 0 atom stereocenters. The molecule has 2 rings (SSSR count). The second kappa shape index (κ2) is 4.46. The van der Waals surface area contributed by atoms with E-state index in [-0.39, 0.29) is 10.7 Å². The standard InChI is InChI=1S/C10H8FN3O2S/c11-8-5-9(7-12-6-8)17(15,16)14-10-3-1-2-4-13-10/h1-7H,(H,13,14). The molecule has 17 heavy (non-hydrogen) atoms. The molecule has 0 saturated heterocycles. The summed E-state index contributed by atoms with van der Waals surface area (Å²) in [6, 6.07) is 5.67. The van der Waals surface area contributed by atoms with Gasteiger partial charge in [-0.1, -0.05) is 6.07 Å². The minimum atomic E-state index is -3.85. The van der Waals surface area contributed by atoms with E-state index in [0.29, 0.717) is 0 Å². The van der Waals surface area contributed by atoms with Gasteiger partial charge in [-0.05, 0) is 18.2 Å². The Morgan fingerprint density at radius 3 is 2.71 bits per heavy atom. The third kappa shape index (κ3) is 2.76. The number of rotatable bonds is 3. The maximum absolute atomic E-state index is 12.9. The number of aromatic nitrogens is 2. The number of pyridine rings is 2. The number of nitrogens with one attached hydrogen (secondary N) is 1. The summed E-state index contributed by atoms with van der Waals surface area (Å²) in [5, 5.41) is 0. The van der Waals surface area contributed by atoms with Crippen molar-refractivity contribution in [1.29, 1.82) is 0 Å². The summed E-state index contributed by atoms with van der Waals surface area (Å²) in [6.07, 6.45) is 3.44.